The highest BCUT2D eigenvalue weighted by molar-refractivity contribution is 6.33. The van der Waals surface area contributed by atoms with E-state index >= 15 is 0 Å². The number of pyridine rings is 2. The van der Waals surface area contributed by atoms with Crippen LogP contribution in [0.5, 0.6) is 0 Å². The summed E-state index contributed by atoms with van der Waals surface area (Å²) >= 11 is 11.3. The molecular weight excluding hydrogens is 348 g/mol. The molecule has 0 bridgehead atoms. The topological polar surface area (TPSA) is 81.0 Å². The van der Waals surface area contributed by atoms with E-state index in [1.807, 2.05) is 0 Å². The third-order valence-electron chi connectivity index (χ3n) is 2.44. The third-order valence-corrected chi connectivity index (χ3v) is 2.94. The molecule has 6 nitrogen and oxygen atoms in total. The zero-order valence-corrected chi connectivity index (χ0v) is 11.9. The second-order valence-corrected chi connectivity index (χ2v) is 4.73. The van der Waals surface area contributed by atoms with Crippen LogP contribution in [0.1, 0.15) is 5.56 Å². The SMILES string of the molecule is O=[N+]([O-])c1ccc(Cl)nc1Nc1ncc(C(F)(F)F)cc1Cl. The second kappa shape index (κ2) is 5.93. The van der Waals surface area contributed by atoms with E-state index in [-0.39, 0.29) is 21.8 Å². The number of nitrogens with one attached hydrogen (secondary N) is 1. The van der Waals surface area contributed by atoms with Gasteiger partial charge in [-0.25, -0.2) is 9.97 Å². The van der Waals surface area contributed by atoms with Gasteiger partial charge < -0.3 is 5.32 Å². The minimum absolute atomic E-state index is 0.0452. The summed E-state index contributed by atoms with van der Waals surface area (Å²) in [6, 6.07) is 2.94. The van der Waals surface area contributed by atoms with Gasteiger partial charge in [0.15, 0.2) is 5.82 Å². The fraction of sp³-hybridized carbons (Fsp3) is 0.0909. The molecule has 0 aliphatic carbocycles. The quantitative estimate of drug-likeness (QED) is 0.501. The van der Waals surface area contributed by atoms with Crippen molar-refractivity contribution in [3.05, 3.63) is 50.2 Å². The molecule has 0 fully saturated rings. The highest BCUT2D eigenvalue weighted by Crippen LogP contribution is 2.34. The number of halogens is 5. The van der Waals surface area contributed by atoms with E-state index in [0.717, 1.165) is 6.07 Å². The molecule has 0 spiro atoms. The van der Waals surface area contributed by atoms with Crippen molar-refractivity contribution in [3.63, 3.8) is 0 Å². The summed E-state index contributed by atoms with van der Waals surface area (Å²) in [4.78, 5) is 17.3. The molecule has 2 aromatic rings. The van der Waals surface area contributed by atoms with Crippen LogP contribution in [0.15, 0.2) is 24.4 Å². The average Bonchev–Trinajstić information content (AvgIpc) is 2.39. The van der Waals surface area contributed by atoms with Crippen molar-refractivity contribution in [1.82, 2.24) is 9.97 Å². The van der Waals surface area contributed by atoms with Gasteiger partial charge in [-0.3, -0.25) is 10.1 Å². The zero-order valence-electron chi connectivity index (χ0n) is 10.4. The molecule has 11 heteroatoms. The molecule has 0 amide bonds. The van der Waals surface area contributed by atoms with Crippen molar-refractivity contribution in [2.45, 2.75) is 6.18 Å². The fourth-order valence-electron chi connectivity index (χ4n) is 1.46. The number of hydrogen-bond donors (Lipinski definition) is 1. The first-order valence-corrected chi connectivity index (χ1v) is 6.25. The number of rotatable bonds is 3. The molecule has 0 aliphatic rings. The maximum absolute atomic E-state index is 12.5. The first-order valence-electron chi connectivity index (χ1n) is 5.49. The fourth-order valence-corrected chi connectivity index (χ4v) is 1.83. The standard InChI is InChI=1S/C11H5Cl2F3N4O2/c12-6-3-5(11(14,15)16)4-17-9(6)19-10-7(20(21)22)1-2-8(13)18-10/h1-4H,(H,17,18,19). The van der Waals surface area contributed by atoms with Crippen molar-refractivity contribution in [2.75, 3.05) is 5.32 Å². The van der Waals surface area contributed by atoms with Crippen LogP contribution in [-0.4, -0.2) is 14.9 Å². The highest BCUT2D eigenvalue weighted by atomic mass is 35.5. The minimum Gasteiger partial charge on any atom is -0.318 e. The summed E-state index contributed by atoms with van der Waals surface area (Å²) in [6.45, 7) is 0. The predicted molar refractivity (Wildman–Crippen MR) is 73.4 cm³/mol. The van der Waals surface area contributed by atoms with E-state index in [9.17, 15) is 23.3 Å². The molecule has 0 aromatic carbocycles. The van der Waals surface area contributed by atoms with Gasteiger partial charge in [-0.15, -0.1) is 0 Å². The summed E-state index contributed by atoms with van der Waals surface area (Å²) in [7, 11) is 0. The predicted octanol–water partition coefficient (Wildman–Crippen LogP) is 4.45. The monoisotopic (exact) mass is 352 g/mol. The number of nitro groups is 1. The Balaban J connectivity index is 2.40. The summed E-state index contributed by atoms with van der Waals surface area (Å²) in [6.07, 6.45) is -4.06. The van der Waals surface area contributed by atoms with Crippen LogP contribution in [-0.2, 0) is 6.18 Å². The van der Waals surface area contributed by atoms with Crippen molar-refractivity contribution in [2.24, 2.45) is 0 Å². The van der Waals surface area contributed by atoms with Crippen molar-refractivity contribution < 1.29 is 18.1 Å². The largest absolute Gasteiger partial charge is 0.417 e. The Labute approximate surface area is 131 Å². The molecular formula is C11H5Cl2F3N4O2. The first kappa shape index (κ1) is 16.2. The molecule has 0 atom stereocenters. The summed E-state index contributed by atoms with van der Waals surface area (Å²) in [5, 5.41) is 12.9. The van der Waals surface area contributed by atoms with E-state index in [1.54, 1.807) is 0 Å². The summed E-state index contributed by atoms with van der Waals surface area (Å²) in [5.41, 5.74) is -1.47. The molecule has 0 radical (unpaired) electrons. The van der Waals surface area contributed by atoms with Gasteiger partial charge in [0, 0.05) is 12.3 Å². The molecule has 116 valence electrons. The smallest absolute Gasteiger partial charge is 0.318 e. The third kappa shape index (κ3) is 3.55. The van der Waals surface area contributed by atoms with E-state index in [2.05, 4.69) is 15.3 Å². The lowest BCUT2D eigenvalue weighted by molar-refractivity contribution is -0.384. The Morgan fingerprint density at radius 1 is 1.23 bits per heavy atom. The molecule has 0 unspecified atom stereocenters. The van der Waals surface area contributed by atoms with Crippen LogP contribution >= 0.6 is 23.2 Å². The first-order chi connectivity index (χ1) is 10.2. The highest BCUT2D eigenvalue weighted by Gasteiger charge is 2.31. The maximum Gasteiger partial charge on any atom is 0.417 e. The van der Waals surface area contributed by atoms with Crippen LogP contribution in [0.2, 0.25) is 10.2 Å². The van der Waals surface area contributed by atoms with Crippen LogP contribution in [0.4, 0.5) is 30.5 Å². The molecule has 2 aromatic heterocycles. The van der Waals surface area contributed by atoms with Gasteiger partial charge in [0.1, 0.15) is 5.15 Å². The minimum atomic E-state index is -4.60. The number of aromatic nitrogens is 2. The van der Waals surface area contributed by atoms with Crippen LogP contribution < -0.4 is 5.32 Å². The van der Waals surface area contributed by atoms with Gasteiger partial charge in [0.05, 0.1) is 15.5 Å². The number of hydrogen-bond acceptors (Lipinski definition) is 5. The van der Waals surface area contributed by atoms with Gasteiger partial charge >= 0.3 is 11.9 Å². The lowest BCUT2D eigenvalue weighted by Crippen LogP contribution is -2.07. The number of alkyl halides is 3. The van der Waals surface area contributed by atoms with Gasteiger partial charge in [-0.05, 0) is 12.1 Å². The zero-order chi connectivity index (χ0) is 16.5. The average molecular weight is 353 g/mol. The molecule has 2 rings (SSSR count). The van der Waals surface area contributed by atoms with Crippen LogP contribution in [0.3, 0.4) is 0 Å². The lowest BCUT2D eigenvalue weighted by Gasteiger charge is -2.10. The van der Waals surface area contributed by atoms with E-state index in [0.29, 0.717) is 12.3 Å². The Morgan fingerprint density at radius 3 is 2.45 bits per heavy atom. The summed E-state index contributed by atoms with van der Waals surface area (Å²) < 4.78 is 37.5. The number of anilines is 2. The molecule has 2 heterocycles. The van der Waals surface area contributed by atoms with E-state index in [4.69, 9.17) is 23.2 Å². The molecule has 0 saturated carbocycles. The Kier molecular flexibility index (Phi) is 4.38. The molecule has 0 saturated heterocycles. The Bertz CT molecular complexity index is 740. The van der Waals surface area contributed by atoms with Gasteiger partial charge in [-0.1, -0.05) is 23.2 Å². The van der Waals surface area contributed by atoms with Gasteiger partial charge in [-0.2, -0.15) is 13.2 Å². The van der Waals surface area contributed by atoms with E-state index in [1.165, 1.54) is 6.07 Å². The molecule has 22 heavy (non-hydrogen) atoms. The number of nitrogens with zero attached hydrogens (tertiary/aromatic N) is 3. The molecule has 1 N–H and O–H groups in total. The summed E-state index contributed by atoms with van der Waals surface area (Å²) in [5.74, 6) is -0.501. The van der Waals surface area contributed by atoms with Crippen LogP contribution in [0, 0.1) is 10.1 Å². The normalized spacial score (nSPS) is 11.3. The molecule has 0 aliphatic heterocycles. The van der Waals surface area contributed by atoms with Crippen LogP contribution in [0.25, 0.3) is 0 Å². The van der Waals surface area contributed by atoms with Crippen molar-refractivity contribution in [1.29, 1.82) is 0 Å². The second-order valence-electron chi connectivity index (χ2n) is 3.94. The maximum atomic E-state index is 12.5. The lowest BCUT2D eigenvalue weighted by atomic mass is 10.2. The van der Waals surface area contributed by atoms with Crippen molar-refractivity contribution >= 4 is 40.5 Å². The van der Waals surface area contributed by atoms with Gasteiger partial charge in [0.25, 0.3) is 0 Å². The van der Waals surface area contributed by atoms with Crippen molar-refractivity contribution in [3.8, 4) is 0 Å². The Morgan fingerprint density at radius 2 is 1.91 bits per heavy atom. The Hall–Kier alpha value is -2.13. The van der Waals surface area contributed by atoms with E-state index < -0.39 is 22.4 Å². The van der Waals surface area contributed by atoms with Gasteiger partial charge in [0.2, 0.25) is 5.82 Å².